The summed E-state index contributed by atoms with van der Waals surface area (Å²) in [6.07, 6.45) is 0. The van der Waals surface area contributed by atoms with Gasteiger partial charge in [-0.25, -0.2) is 21.9 Å². The van der Waals surface area contributed by atoms with Crippen LogP contribution in [0.5, 0.6) is 0 Å². The Kier molecular flexibility index (Phi) is 3.90. The van der Waals surface area contributed by atoms with E-state index in [-0.39, 0.29) is 10.7 Å². The van der Waals surface area contributed by atoms with Crippen molar-refractivity contribution < 1.29 is 21.6 Å². The molecule has 0 saturated carbocycles. The van der Waals surface area contributed by atoms with Crippen molar-refractivity contribution >= 4 is 10.0 Å². The second-order valence-electron chi connectivity index (χ2n) is 3.66. The largest absolute Gasteiger partial charge is 0.465 e. The Hall–Kier alpha value is -0.990. The summed E-state index contributed by atoms with van der Waals surface area (Å²) in [5, 5.41) is 0. The SMILES string of the molecule is Cc1cc(S(=O)(=O)NCC(F)(F)CN)c(C)o1. The minimum Gasteiger partial charge on any atom is -0.465 e. The van der Waals surface area contributed by atoms with Crippen molar-refractivity contribution in [3.05, 3.63) is 17.6 Å². The molecular formula is C9H14F2N2O3S. The lowest BCUT2D eigenvalue weighted by molar-refractivity contribution is 0.0170. The third-order valence-corrected chi connectivity index (χ3v) is 3.61. The zero-order valence-electron chi connectivity index (χ0n) is 9.46. The number of halogens is 2. The van der Waals surface area contributed by atoms with Gasteiger partial charge >= 0.3 is 0 Å². The van der Waals surface area contributed by atoms with Gasteiger partial charge in [-0.2, -0.15) is 0 Å². The van der Waals surface area contributed by atoms with Crippen molar-refractivity contribution in [2.24, 2.45) is 5.73 Å². The van der Waals surface area contributed by atoms with Crippen LogP contribution in [-0.4, -0.2) is 27.4 Å². The summed E-state index contributed by atoms with van der Waals surface area (Å²) in [6.45, 7) is 1.07. The zero-order chi connectivity index (χ0) is 13.3. The quantitative estimate of drug-likeness (QED) is 0.826. The van der Waals surface area contributed by atoms with Crippen molar-refractivity contribution in [2.45, 2.75) is 24.7 Å². The third kappa shape index (κ3) is 3.48. The summed E-state index contributed by atoms with van der Waals surface area (Å²) in [4.78, 5) is -0.136. The van der Waals surface area contributed by atoms with Crippen LogP contribution in [-0.2, 0) is 10.0 Å². The van der Waals surface area contributed by atoms with E-state index in [2.05, 4.69) is 0 Å². The Bertz CT molecular complexity index is 496. The van der Waals surface area contributed by atoms with Gasteiger partial charge in [-0.05, 0) is 19.9 Å². The Morgan fingerprint density at radius 2 is 2.06 bits per heavy atom. The minimum absolute atomic E-state index is 0.136. The maximum Gasteiger partial charge on any atom is 0.273 e. The molecule has 17 heavy (non-hydrogen) atoms. The molecule has 0 fully saturated rings. The Balaban J connectivity index is 2.87. The molecule has 0 radical (unpaired) electrons. The first-order valence-electron chi connectivity index (χ1n) is 4.82. The molecule has 8 heteroatoms. The van der Waals surface area contributed by atoms with Crippen molar-refractivity contribution in [1.82, 2.24) is 4.72 Å². The molecule has 98 valence electrons. The standard InChI is InChI=1S/C9H14F2N2O3S/c1-6-3-8(7(2)16-6)17(14,15)13-5-9(10,11)4-12/h3,13H,4-5,12H2,1-2H3. The molecule has 0 amide bonds. The van der Waals surface area contributed by atoms with Gasteiger partial charge in [0.1, 0.15) is 16.4 Å². The van der Waals surface area contributed by atoms with Crippen LogP contribution >= 0.6 is 0 Å². The molecule has 1 rings (SSSR count). The molecule has 1 aromatic rings. The summed E-state index contributed by atoms with van der Waals surface area (Å²) in [7, 11) is -3.99. The van der Waals surface area contributed by atoms with Gasteiger partial charge in [0.15, 0.2) is 0 Å². The van der Waals surface area contributed by atoms with Crippen LogP contribution in [0, 0.1) is 13.8 Å². The molecule has 0 aliphatic carbocycles. The number of aryl methyl sites for hydroxylation is 2. The maximum atomic E-state index is 12.8. The molecule has 1 aromatic heterocycles. The Labute approximate surface area is 98.0 Å². The summed E-state index contributed by atoms with van der Waals surface area (Å²) < 4.78 is 55.9. The topological polar surface area (TPSA) is 85.3 Å². The third-order valence-electron chi connectivity index (χ3n) is 2.10. The second kappa shape index (κ2) is 4.71. The van der Waals surface area contributed by atoms with Crippen molar-refractivity contribution in [1.29, 1.82) is 0 Å². The average molecular weight is 268 g/mol. The molecule has 1 heterocycles. The number of rotatable bonds is 5. The summed E-state index contributed by atoms with van der Waals surface area (Å²) in [6, 6.07) is 1.28. The van der Waals surface area contributed by atoms with Gasteiger partial charge < -0.3 is 10.2 Å². The van der Waals surface area contributed by atoms with Gasteiger partial charge in [-0.15, -0.1) is 0 Å². The van der Waals surface area contributed by atoms with E-state index in [1.807, 2.05) is 0 Å². The average Bonchev–Trinajstić information content (AvgIpc) is 2.56. The fraction of sp³-hybridized carbons (Fsp3) is 0.556. The monoisotopic (exact) mass is 268 g/mol. The highest BCUT2D eigenvalue weighted by atomic mass is 32.2. The smallest absolute Gasteiger partial charge is 0.273 e. The molecule has 0 saturated heterocycles. The van der Waals surface area contributed by atoms with Crippen molar-refractivity contribution in [2.75, 3.05) is 13.1 Å². The highest BCUT2D eigenvalue weighted by Crippen LogP contribution is 2.20. The molecule has 0 aromatic carbocycles. The van der Waals surface area contributed by atoms with Crippen molar-refractivity contribution in [3.63, 3.8) is 0 Å². The van der Waals surface area contributed by atoms with Gasteiger partial charge in [0.05, 0.1) is 13.1 Å². The number of sulfonamides is 1. The number of nitrogens with one attached hydrogen (secondary N) is 1. The molecule has 0 atom stereocenters. The fourth-order valence-electron chi connectivity index (χ4n) is 1.22. The van der Waals surface area contributed by atoms with E-state index in [4.69, 9.17) is 10.2 Å². The minimum atomic E-state index is -3.99. The predicted octanol–water partition coefficient (Wildman–Crippen LogP) is 0.769. The first kappa shape index (κ1) is 14.1. The molecule has 0 aliphatic heterocycles. The number of hydrogen-bond acceptors (Lipinski definition) is 4. The lowest BCUT2D eigenvalue weighted by Crippen LogP contribution is -2.41. The summed E-state index contributed by atoms with van der Waals surface area (Å²) in [5.74, 6) is -2.71. The van der Waals surface area contributed by atoms with Crippen LogP contribution in [0.15, 0.2) is 15.4 Å². The van der Waals surface area contributed by atoms with Crippen LogP contribution in [0.25, 0.3) is 0 Å². The molecule has 0 unspecified atom stereocenters. The van der Waals surface area contributed by atoms with Crippen LogP contribution < -0.4 is 10.5 Å². The molecule has 0 spiro atoms. The van der Waals surface area contributed by atoms with Crippen LogP contribution in [0.2, 0.25) is 0 Å². The maximum absolute atomic E-state index is 12.8. The highest BCUT2D eigenvalue weighted by molar-refractivity contribution is 7.89. The van der Waals surface area contributed by atoms with Crippen LogP contribution in [0.4, 0.5) is 8.78 Å². The van der Waals surface area contributed by atoms with Gasteiger partial charge in [0, 0.05) is 0 Å². The molecule has 5 nitrogen and oxygen atoms in total. The number of alkyl halides is 2. The first-order chi connectivity index (χ1) is 7.68. The predicted molar refractivity (Wildman–Crippen MR) is 57.4 cm³/mol. The number of nitrogens with two attached hydrogens (primary N) is 1. The van der Waals surface area contributed by atoms with E-state index >= 15 is 0 Å². The normalized spacial score (nSPS) is 13.0. The summed E-state index contributed by atoms with van der Waals surface area (Å²) >= 11 is 0. The van der Waals surface area contributed by atoms with Crippen LogP contribution in [0.3, 0.4) is 0 Å². The highest BCUT2D eigenvalue weighted by Gasteiger charge is 2.30. The Morgan fingerprint density at radius 1 is 1.47 bits per heavy atom. The van der Waals surface area contributed by atoms with Gasteiger partial charge in [-0.1, -0.05) is 0 Å². The van der Waals surface area contributed by atoms with E-state index < -0.39 is 29.0 Å². The molecule has 0 aliphatic rings. The fourth-order valence-corrected chi connectivity index (χ4v) is 2.52. The zero-order valence-corrected chi connectivity index (χ0v) is 10.3. The van der Waals surface area contributed by atoms with Crippen molar-refractivity contribution in [3.8, 4) is 0 Å². The first-order valence-corrected chi connectivity index (χ1v) is 6.31. The van der Waals surface area contributed by atoms with E-state index in [0.717, 1.165) is 0 Å². The number of hydrogen-bond donors (Lipinski definition) is 2. The van der Waals surface area contributed by atoms with Gasteiger partial charge in [0.2, 0.25) is 10.0 Å². The molecular weight excluding hydrogens is 254 g/mol. The van der Waals surface area contributed by atoms with Gasteiger partial charge in [0.25, 0.3) is 5.92 Å². The lowest BCUT2D eigenvalue weighted by Gasteiger charge is -2.14. The van der Waals surface area contributed by atoms with E-state index in [9.17, 15) is 17.2 Å². The Morgan fingerprint density at radius 3 is 2.47 bits per heavy atom. The van der Waals surface area contributed by atoms with E-state index in [0.29, 0.717) is 5.76 Å². The molecule has 3 N–H and O–H groups in total. The second-order valence-corrected chi connectivity index (χ2v) is 5.40. The van der Waals surface area contributed by atoms with E-state index in [1.54, 1.807) is 11.6 Å². The lowest BCUT2D eigenvalue weighted by atomic mass is 10.3. The summed E-state index contributed by atoms with van der Waals surface area (Å²) in [5.41, 5.74) is 4.81. The molecule has 0 bridgehead atoms. The number of furan rings is 1. The van der Waals surface area contributed by atoms with E-state index in [1.165, 1.54) is 13.0 Å². The van der Waals surface area contributed by atoms with Crippen LogP contribution in [0.1, 0.15) is 11.5 Å². The van der Waals surface area contributed by atoms with Gasteiger partial charge in [-0.3, -0.25) is 0 Å².